The number of benzene rings is 2. The molecule has 2 aromatic rings. The van der Waals surface area contributed by atoms with Crippen molar-refractivity contribution in [3.05, 3.63) is 68.7 Å². The molecule has 20 heavy (non-hydrogen) atoms. The van der Waals surface area contributed by atoms with Crippen LogP contribution >= 0.6 is 34.8 Å². The molecule has 0 aromatic heterocycles. The summed E-state index contributed by atoms with van der Waals surface area (Å²) < 4.78 is 0. The first-order valence-corrected chi connectivity index (χ1v) is 6.73. The van der Waals surface area contributed by atoms with Crippen molar-refractivity contribution in [2.45, 2.75) is 0 Å². The molecule has 0 aliphatic carbocycles. The normalized spacial score (nSPS) is 10.8. The monoisotopic (exact) mass is 326 g/mol. The lowest BCUT2D eigenvalue weighted by atomic mass is 10.2. The summed E-state index contributed by atoms with van der Waals surface area (Å²) in [7, 11) is 0. The average Bonchev–Trinajstić information content (AvgIpc) is 2.43. The third-order valence-electron chi connectivity index (χ3n) is 2.43. The average molecular weight is 328 g/mol. The lowest BCUT2D eigenvalue weighted by Crippen LogP contribution is -2.17. The minimum absolute atomic E-state index is 0.321. The molecular weight excluding hydrogens is 319 g/mol. The van der Waals surface area contributed by atoms with Gasteiger partial charge < -0.3 is 0 Å². The Labute approximate surface area is 131 Å². The lowest BCUT2D eigenvalue weighted by Gasteiger charge is -2.00. The third kappa shape index (κ3) is 3.97. The number of nitrogens with zero attached hydrogens (tertiary/aromatic N) is 1. The molecule has 0 spiro atoms. The second-order valence-electron chi connectivity index (χ2n) is 3.88. The number of rotatable bonds is 3. The summed E-state index contributed by atoms with van der Waals surface area (Å²) in [5, 5.41) is 5.32. The molecule has 0 fully saturated rings. The first-order valence-electron chi connectivity index (χ1n) is 5.60. The van der Waals surface area contributed by atoms with Crippen LogP contribution in [0.2, 0.25) is 15.1 Å². The summed E-state index contributed by atoms with van der Waals surface area (Å²) in [5.74, 6) is -0.321. The van der Waals surface area contributed by atoms with Gasteiger partial charge in [-0.05, 0) is 42.0 Å². The van der Waals surface area contributed by atoms with Crippen LogP contribution in [-0.2, 0) is 0 Å². The van der Waals surface area contributed by atoms with E-state index in [1.54, 1.807) is 42.5 Å². The minimum atomic E-state index is -0.321. The highest BCUT2D eigenvalue weighted by Crippen LogP contribution is 2.21. The van der Waals surface area contributed by atoms with Gasteiger partial charge in [0.05, 0.1) is 16.3 Å². The highest BCUT2D eigenvalue weighted by atomic mass is 35.5. The van der Waals surface area contributed by atoms with Crippen molar-refractivity contribution in [3.63, 3.8) is 0 Å². The predicted molar refractivity (Wildman–Crippen MR) is 83.0 cm³/mol. The molecule has 0 aliphatic rings. The molecule has 102 valence electrons. The number of carbonyl (C=O) groups is 1. The Balaban J connectivity index is 2.00. The molecule has 1 amide bonds. The predicted octanol–water partition coefficient (Wildman–Crippen LogP) is 4.41. The van der Waals surface area contributed by atoms with Gasteiger partial charge in [0, 0.05) is 10.6 Å². The van der Waals surface area contributed by atoms with Crippen LogP contribution in [0.4, 0.5) is 0 Å². The number of nitrogens with one attached hydrogen (secondary N) is 1. The first-order chi connectivity index (χ1) is 9.56. The smallest absolute Gasteiger partial charge is 0.267 e. The van der Waals surface area contributed by atoms with Crippen molar-refractivity contribution in [3.8, 4) is 0 Å². The van der Waals surface area contributed by atoms with Gasteiger partial charge in [0.1, 0.15) is 0 Å². The molecule has 6 heteroatoms. The van der Waals surface area contributed by atoms with Gasteiger partial charge in [-0.25, -0.2) is 5.43 Å². The van der Waals surface area contributed by atoms with E-state index in [4.69, 9.17) is 34.8 Å². The summed E-state index contributed by atoms with van der Waals surface area (Å²) >= 11 is 17.4. The molecule has 0 heterocycles. The van der Waals surface area contributed by atoms with Crippen LogP contribution in [0, 0.1) is 0 Å². The number of carbonyl (C=O) groups excluding carboxylic acids is 1. The number of halogens is 3. The topological polar surface area (TPSA) is 41.5 Å². The molecule has 2 aromatic carbocycles. The molecule has 3 nitrogen and oxygen atoms in total. The van der Waals surface area contributed by atoms with Gasteiger partial charge in [0.2, 0.25) is 0 Å². The van der Waals surface area contributed by atoms with E-state index in [-0.39, 0.29) is 5.91 Å². The Morgan fingerprint density at radius 1 is 1.00 bits per heavy atom. The van der Waals surface area contributed by atoms with Gasteiger partial charge in [0.15, 0.2) is 0 Å². The molecule has 0 bridgehead atoms. The lowest BCUT2D eigenvalue weighted by molar-refractivity contribution is 0.0955. The fourth-order valence-electron chi connectivity index (χ4n) is 1.42. The fraction of sp³-hybridized carbons (Fsp3) is 0. The van der Waals surface area contributed by atoms with E-state index < -0.39 is 0 Å². The quantitative estimate of drug-likeness (QED) is 0.658. The Morgan fingerprint density at radius 3 is 2.35 bits per heavy atom. The van der Waals surface area contributed by atoms with Crippen molar-refractivity contribution in [1.82, 2.24) is 5.43 Å². The summed E-state index contributed by atoms with van der Waals surface area (Å²) in [5.41, 5.74) is 3.62. The number of amides is 1. The van der Waals surface area contributed by atoms with Crippen molar-refractivity contribution >= 4 is 46.9 Å². The van der Waals surface area contributed by atoms with Crippen LogP contribution in [0.5, 0.6) is 0 Å². The zero-order valence-corrected chi connectivity index (χ0v) is 12.4. The second-order valence-corrected chi connectivity index (χ2v) is 5.13. The third-order valence-corrected chi connectivity index (χ3v) is 3.42. The standard InChI is InChI=1S/C14H9Cl3N2O/c15-11-4-2-10(3-5-11)14(20)19-18-8-9-1-6-12(16)13(17)7-9/h1-8H,(H,19,20)/b18-8-. The summed E-state index contributed by atoms with van der Waals surface area (Å²) in [6.45, 7) is 0. The van der Waals surface area contributed by atoms with Gasteiger partial charge in [-0.3, -0.25) is 4.79 Å². The van der Waals surface area contributed by atoms with Crippen LogP contribution in [-0.4, -0.2) is 12.1 Å². The largest absolute Gasteiger partial charge is 0.271 e. The van der Waals surface area contributed by atoms with Gasteiger partial charge in [-0.2, -0.15) is 5.10 Å². The maximum Gasteiger partial charge on any atom is 0.271 e. The zero-order valence-electron chi connectivity index (χ0n) is 10.1. The Bertz CT molecular complexity index is 654. The van der Waals surface area contributed by atoms with E-state index in [1.807, 2.05) is 0 Å². The molecule has 0 radical (unpaired) electrons. The summed E-state index contributed by atoms with van der Waals surface area (Å²) in [4.78, 5) is 11.8. The number of hydrogen-bond donors (Lipinski definition) is 1. The van der Waals surface area contributed by atoms with Crippen LogP contribution in [0.3, 0.4) is 0 Å². The second kappa shape index (κ2) is 6.75. The molecule has 0 unspecified atom stereocenters. The highest BCUT2D eigenvalue weighted by Gasteiger charge is 2.03. The number of hydrazone groups is 1. The van der Waals surface area contributed by atoms with E-state index in [2.05, 4.69) is 10.5 Å². The van der Waals surface area contributed by atoms with Crippen molar-refractivity contribution < 1.29 is 4.79 Å². The van der Waals surface area contributed by atoms with Gasteiger partial charge in [0.25, 0.3) is 5.91 Å². The van der Waals surface area contributed by atoms with E-state index in [0.29, 0.717) is 20.6 Å². The van der Waals surface area contributed by atoms with Gasteiger partial charge in [-0.1, -0.05) is 40.9 Å². The Hall–Kier alpha value is -1.55. The molecule has 1 N–H and O–H groups in total. The van der Waals surface area contributed by atoms with Crippen molar-refractivity contribution in [2.75, 3.05) is 0 Å². The van der Waals surface area contributed by atoms with Crippen LogP contribution in [0.25, 0.3) is 0 Å². The number of hydrogen-bond acceptors (Lipinski definition) is 2. The van der Waals surface area contributed by atoms with Gasteiger partial charge >= 0.3 is 0 Å². The maximum atomic E-state index is 11.8. The molecule has 2 rings (SSSR count). The molecule has 0 aliphatic heterocycles. The van der Waals surface area contributed by atoms with E-state index in [9.17, 15) is 4.79 Å². The summed E-state index contributed by atoms with van der Waals surface area (Å²) in [6.07, 6.45) is 1.48. The molecule has 0 saturated heterocycles. The van der Waals surface area contributed by atoms with E-state index in [1.165, 1.54) is 6.21 Å². The van der Waals surface area contributed by atoms with Crippen LogP contribution in [0.15, 0.2) is 47.6 Å². The SMILES string of the molecule is O=C(N/N=C\c1ccc(Cl)c(Cl)c1)c1ccc(Cl)cc1. The highest BCUT2D eigenvalue weighted by molar-refractivity contribution is 6.42. The Kier molecular flexibility index (Phi) is 5.01. The maximum absolute atomic E-state index is 11.8. The van der Waals surface area contributed by atoms with E-state index in [0.717, 1.165) is 5.56 Å². The van der Waals surface area contributed by atoms with Crippen LogP contribution < -0.4 is 5.43 Å². The van der Waals surface area contributed by atoms with E-state index >= 15 is 0 Å². The fourth-order valence-corrected chi connectivity index (χ4v) is 1.86. The van der Waals surface area contributed by atoms with Crippen LogP contribution in [0.1, 0.15) is 15.9 Å². The molecular formula is C14H9Cl3N2O. The van der Waals surface area contributed by atoms with Crippen molar-refractivity contribution in [1.29, 1.82) is 0 Å². The molecule has 0 atom stereocenters. The first kappa shape index (κ1) is 14.9. The Morgan fingerprint density at radius 2 is 1.70 bits per heavy atom. The summed E-state index contributed by atoms with van der Waals surface area (Å²) in [6, 6.07) is 11.6. The molecule has 0 saturated carbocycles. The zero-order chi connectivity index (χ0) is 14.5. The van der Waals surface area contributed by atoms with Crippen molar-refractivity contribution in [2.24, 2.45) is 5.10 Å². The van der Waals surface area contributed by atoms with Gasteiger partial charge in [-0.15, -0.1) is 0 Å². The minimum Gasteiger partial charge on any atom is -0.267 e.